The molecule has 0 fully saturated rings. The molecule has 0 saturated carbocycles. The van der Waals surface area contributed by atoms with Crippen LogP contribution in [0.4, 0.5) is 0 Å². The predicted octanol–water partition coefficient (Wildman–Crippen LogP) is -2.14. The van der Waals surface area contributed by atoms with Crippen LogP contribution in [-0.4, -0.2) is 36.7 Å². The molecule has 0 bridgehead atoms. The molecule has 0 spiro atoms. The molecule has 0 saturated heterocycles. The molecule has 0 aliphatic heterocycles. The van der Waals surface area contributed by atoms with Crippen molar-refractivity contribution in [2.24, 2.45) is 0 Å². The molecular formula is CH4AlBMnSiTi. The van der Waals surface area contributed by atoms with E-state index < -0.39 is 0 Å². The smallest absolute Gasteiger partial charge is 0 e. The van der Waals surface area contributed by atoms with Gasteiger partial charge in [0.15, 0.2) is 0 Å². The van der Waals surface area contributed by atoms with E-state index >= 15 is 0 Å². The van der Waals surface area contributed by atoms with Crippen molar-refractivity contribution in [2.75, 3.05) is 0 Å². The Bertz CT molecular complexity index is 15.5. The summed E-state index contributed by atoms with van der Waals surface area (Å²) < 4.78 is 0. The third-order valence-electron chi connectivity index (χ3n) is 0. The topological polar surface area (TPSA) is 0 Å². The van der Waals surface area contributed by atoms with E-state index in [4.69, 9.17) is 0 Å². The molecule has 0 rings (SSSR count). The van der Waals surface area contributed by atoms with Crippen molar-refractivity contribution in [1.82, 2.24) is 0 Å². The first kappa shape index (κ1) is 95.3. The van der Waals surface area contributed by atoms with Crippen molar-refractivity contribution in [1.29, 1.82) is 0 Å². The van der Waals surface area contributed by atoms with Crippen LogP contribution in [0.3, 0.4) is 0 Å². The Labute approximate surface area is 82.3 Å². The Balaban J connectivity index is 0. The summed E-state index contributed by atoms with van der Waals surface area (Å²) in [6.07, 6.45) is 0. The second-order valence-electron chi connectivity index (χ2n) is 0. The normalized spacial score (nSPS) is 0. The van der Waals surface area contributed by atoms with Crippen molar-refractivity contribution in [3.05, 3.63) is 7.43 Å². The molecule has 0 aromatic carbocycles. The summed E-state index contributed by atoms with van der Waals surface area (Å²) in [5, 5.41) is 0. The van der Waals surface area contributed by atoms with Gasteiger partial charge in [-0.1, -0.05) is 0 Å². The Morgan fingerprint density at radius 3 is 1.00 bits per heavy atom. The Morgan fingerprint density at radius 1 is 1.00 bits per heavy atom. The van der Waals surface area contributed by atoms with E-state index in [2.05, 4.69) is 0 Å². The van der Waals surface area contributed by atoms with E-state index in [-0.39, 0.29) is 83.0 Å². The van der Waals surface area contributed by atoms with Crippen LogP contribution in [0.5, 0.6) is 0 Å². The monoisotopic (exact) mass is 185 g/mol. The summed E-state index contributed by atoms with van der Waals surface area (Å²) in [4.78, 5) is 0. The van der Waals surface area contributed by atoms with Crippen molar-refractivity contribution in [3.63, 3.8) is 0 Å². The Kier molecular flexibility index (Phi) is 976. The van der Waals surface area contributed by atoms with Crippen molar-refractivity contribution < 1.29 is 38.8 Å². The maximum absolute atomic E-state index is 0. The van der Waals surface area contributed by atoms with E-state index in [0.29, 0.717) is 0 Å². The minimum atomic E-state index is 0. The molecule has 0 unspecified atom stereocenters. The first-order chi connectivity index (χ1) is 0. The first-order valence-electron chi connectivity index (χ1n) is 0. The average Bonchev–Trinajstić information content (AvgIpc) is 0. The van der Waals surface area contributed by atoms with Gasteiger partial charge in [-0.25, -0.2) is 0 Å². The molecular weight excluding hydrogens is 181 g/mol. The molecule has 6 heavy (non-hydrogen) atoms. The molecule has 0 aliphatic carbocycles. The van der Waals surface area contributed by atoms with Gasteiger partial charge in [0.25, 0.3) is 0 Å². The zero-order chi connectivity index (χ0) is 0. The van der Waals surface area contributed by atoms with Gasteiger partial charge in [0.05, 0.1) is 0 Å². The van der Waals surface area contributed by atoms with Gasteiger partial charge in [0, 0.05) is 72.0 Å². The standard InChI is InChI=1S/C.Al.B.Mn.H4Si.Ti/h;;;;1H4;. The van der Waals surface area contributed by atoms with Gasteiger partial charge in [-0.2, -0.15) is 0 Å². The predicted molar refractivity (Wildman–Crippen MR) is 26.1 cm³/mol. The molecule has 0 nitrogen and oxygen atoms in total. The molecule has 0 heterocycles. The van der Waals surface area contributed by atoms with E-state index in [1.165, 1.54) is 0 Å². The second-order valence-corrected chi connectivity index (χ2v) is 0. The fourth-order valence-corrected chi connectivity index (χ4v) is 0. The van der Waals surface area contributed by atoms with Crippen LogP contribution in [0, 0.1) is 7.43 Å². The van der Waals surface area contributed by atoms with Gasteiger partial charge in [0.2, 0.25) is 0 Å². The van der Waals surface area contributed by atoms with Crippen molar-refractivity contribution in [2.45, 2.75) is 0 Å². The fraction of sp³-hybridized carbons (Fsp3) is 0. The molecule has 5 heteroatoms. The van der Waals surface area contributed by atoms with Gasteiger partial charge in [0.1, 0.15) is 0 Å². The van der Waals surface area contributed by atoms with Crippen LogP contribution in [0.15, 0.2) is 0 Å². The zero-order valence-corrected chi connectivity index (χ0v) is 6.43. The maximum atomic E-state index is 0. The van der Waals surface area contributed by atoms with E-state index in [9.17, 15) is 0 Å². The van der Waals surface area contributed by atoms with Crippen molar-refractivity contribution in [3.8, 4) is 0 Å². The van der Waals surface area contributed by atoms with E-state index in [1.807, 2.05) is 0 Å². The van der Waals surface area contributed by atoms with Crippen LogP contribution in [-0.2, 0) is 38.8 Å². The van der Waals surface area contributed by atoms with Crippen LogP contribution in [0.2, 0.25) is 0 Å². The first-order valence-corrected chi connectivity index (χ1v) is 0. The Hall–Kier alpha value is 2.05. The van der Waals surface area contributed by atoms with E-state index in [1.54, 1.807) is 0 Å². The molecule has 29 valence electrons. The zero-order valence-electron chi connectivity index (χ0n) is 2.53. The quantitative estimate of drug-likeness (QED) is 0.378. The van der Waals surface area contributed by atoms with Gasteiger partial charge in [-0.15, -0.1) is 0 Å². The summed E-state index contributed by atoms with van der Waals surface area (Å²) in [5.74, 6) is 0. The summed E-state index contributed by atoms with van der Waals surface area (Å²) in [6.45, 7) is 0. The second kappa shape index (κ2) is 61.5. The molecule has 0 amide bonds. The fourth-order valence-electron chi connectivity index (χ4n) is 0. The summed E-state index contributed by atoms with van der Waals surface area (Å²) in [6, 6.07) is 0. The van der Waals surface area contributed by atoms with Gasteiger partial charge < -0.3 is 0 Å². The third-order valence-corrected chi connectivity index (χ3v) is 0. The number of hydrogen-bond acceptors (Lipinski definition) is 0. The summed E-state index contributed by atoms with van der Waals surface area (Å²) in [5.41, 5.74) is 0. The SMILES string of the molecule is [Al].[B].[C].[Mn].[SiH4].[Ti]. The minimum absolute atomic E-state index is 0. The summed E-state index contributed by atoms with van der Waals surface area (Å²) in [7, 11) is 0. The minimum Gasteiger partial charge on any atom is -0.0149 e. The maximum Gasteiger partial charge on any atom is 0 e. The van der Waals surface area contributed by atoms with Crippen LogP contribution in [0.25, 0.3) is 0 Å². The summed E-state index contributed by atoms with van der Waals surface area (Å²) >= 11 is 0. The molecule has 0 aromatic heterocycles. The van der Waals surface area contributed by atoms with Crippen LogP contribution in [0.1, 0.15) is 0 Å². The van der Waals surface area contributed by atoms with Crippen LogP contribution < -0.4 is 0 Å². The molecule has 11 radical (unpaired) electrons. The third kappa shape index (κ3) is 36.7. The molecule has 0 N–H and O–H groups in total. The van der Waals surface area contributed by atoms with E-state index in [0.717, 1.165) is 0 Å². The van der Waals surface area contributed by atoms with Crippen molar-refractivity contribution >= 4 is 36.7 Å². The van der Waals surface area contributed by atoms with Gasteiger partial charge in [-0.05, 0) is 11.0 Å². The number of rotatable bonds is 0. The Morgan fingerprint density at radius 2 is 1.00 bits per heavy atom. The molecule has 0 aromatic rings. The molecule has 0 aliphatic rings. The largest absolute Gasteiger partial charge is 0.0149 e. The average molecular weight is 185 g/mol. The van der Waals surface area contributed by atoms with Gasteiger partial charge >= 0.3 is 0 Å². The van der Waals surface area contributed by atoms with Gasteiger partial charge in [-0.3, -0.25) is 0 Å². The molecule has 0 atom stereocenters. The number of hydrogen-bond donors (Lipinski definition) is 0. The van der Waals surface area contributed by atoms with Crippen LogP contribution >= 0.6 is 0 Å².